The van der Waals surface area contributed by atoms with Crippen molar-refractivity contribution in [1.29, 1.82) is 0 Å². The third kappa shape index (κ3) is 4.84. The number of rotatable bonds is 7. The van der Waals surface area contributed by atoms with E-state index in [4.69, 9.17) is 5.11 Å². The summed E-state index contributed by atoms with van der Waals surface area (Å²) in [5.74, 6) is 0.195. The molecule has 0 bridgehead atoms. The molecule has 0 unspecified atom stereocenters. The van der Waals surface area contributed by atoms with Crippen LogP contribution in [-0.2, 0) is 11.2 Å². The molecule has 0 radical (unpaired) electrons. The smallest absolute Gasteiger partial charge is 0.303 e. The van der Waals surface area contributed by atoms with Crippen LogP contribution in [0.3, 0.4) is 0 Å². The van der Waals surface area contributed by atoms with Crippen molar-refractivity contribution in [2.45, 2.75) is 44.9 Å². The van der Waals surface area contributed by atoms with Gasteiger partial charge in [-0.05, 0) is 49.5 Å². The summed E-state index contributed by atoms with van der Waals surface area (Å²) in [4.78, 5) is 10.8. The number of allylic oxidation sites excluding steroid dienone is 2. The molecule has 2 rings (SSSR count). The van der Waals surface area contributed by atoms with Gasteiger partial charge in [0.1, 0.15) is 0 Å². The summed E-state index contributed by atoms with van der Waals surface area (Å²) in [6.07, 6.45) is 11.6. The van der Waals surface area contributed by atoms with Gasteiger partial charge in [0.15, 0.2) is 0 Å². The lowest BCUT2D eigenvalue weighted by Crippen LogP contribution is -2.10. The fourth-order valence-corrected chi connectivity index (χ4v) is 3.14. The number of aliphatic carboxylic acids is 1. The quantitative estimate of drug-likeness (QED) is 0.588. The third-order valence-electron chi connectivity index (χ3n) is 4.22. The monoisotopic (exact) mass is 272 g/mol. The molecular weight excluding hydrogens is 248 g/mol. The highest BCUT2D eigenvalue weighted by molar-refractivity contribution is 5.67. The van der Waals surface area contributed by atoms with Crippen LogP contribution in [0.15, 0.2) is 42.5 Å². The van der Waals surface area contributed by atoms with Gasteiger partial charge in [-0.15, -0.1) is 0 Å². The Morgan fingerprint density at radius 3 is 2.80 bits per heavy atom. The predicted octanol–water partition coefficient (Wildman–Crippen LogP) is 4.46. The minimum absolute atomic E-state index is 0.332. The fourth-order valence-electron chi connectivity index (χ4n) is 3.14. The molecule has 0 heterocycles. The van der Waals surface area contributed by atoms with Crippen molar-refractivity contribution in [1.82, 2.24) is 0 Å². The Morgan fingerprint density at radius 2 is 2.05 bits per heavy atom. The van der Waals surface area contributed by atoms with E-state index in [1.807, 2.05) is 6.07 Å². The van der Waals surface area contributed by atoms with Crippen LogP contribution in [0, 0.1) is 11.8 Å². The van der Waals surface area contributed by atoms with Crippen molar-refractivity contribution in [2.75, 3.05) is 0 Å². The Morgan fingerprint density at radius 1 is 1.25 bits per heavy atom. The molecule has 0 amide bonds. The van der Waals surface area contributed by atoms with E-state index in [0.29, 0.717) is 18.3 Å². The minimum Gasteiger partial charge on any atom is -0.481 e. The number of carboxylic acid groups (broad SMARTS) is 1. The first-order chi connectivity index (χ1) is 9.75. The van der Waals surface area contributed by atoms with E-state index in [2.05, 4.69) is 36.4 Å². The van der Waals surface area contributed by atoms with Crippen molar-refractivity contribution in [3.8, 4) is 0 Å². The lowest BCUT2D eigenvalue weighted by molar-refractivity contribution is -0.138. The largest absolute Gasteiger partial charge is 0.481 e. The Bertz CT molecular complexity index is 436. The lowest BCUT2D eigenvalue weighted by atomic mass is 9.92. The van der Waals surface area contributed by atoms with Crippen molar-refractivity contribution < 1.29 is 9.90 Å². The first-order valence-corrected chi connectivity index (χ1v) is 7.68. The van der Waals surface area contributed by atoms with E-state index >= 15 is 0 Å². The van der Waals surface area contributed by atoms with Crippen LogP contribution in [-0.4, -0.2) is 11.1 Å². The predicted molar refractivity (Wildman–Crippen MR) is 81.6 cm³/mol. The molecule has 1 aromatic carbocycles. The molecular formula is C18H24O2. The molecule has 1 aliphatic carbocycles. The number of carbonyl (C=O) groups is 1. The average molecular weight is 272 g/mol. The van der Waals surface area contributed by atoms with E-state index in [9.17, 15) is 4.79 Å². The summed E-state index contributed by atoms with van der Waals surface area (Å²) in [7, 11) is 0. The van der Waals surface area contributed by atoms with E-state index in [-0.39, 0.29) is 0 Å². The molecule has 1 aromatic rings. The van der Waals surface area contributed by atoms with Crippen molar-refractivity contribution in [2.24, 2.45) is 11.8 Å². The topological polar surface area (TPSA) is 37.3 Å². The Kier molecular flexibility index (Phi) is 5.85. The summed E-state index contributed by atoms with van der Waals surface area (Å²) in [5.41, 5.74) is 1.39. The normalized spacial score (nSPS) is 22.4. The van der Waals surface area contributed by atoms with Crippen LogP contribution in [0.1, 0.15) is 44.1 Å². The van der Waals surface area contributed by atoms with E-state index in [1.165, 1.54) is 12.0 Å². The van der Waals surface area contributed by atoms with Gasteiger partial charge in [0.2, 0.25) is 0 Å². The summed E-state index contributed by atoms with van der Waals surface area (Å²) in [6, 6.07) is 10.6. The number of unbranched alkanes of at least 4 members (excludes halogenated alkanes) is 1. The zero-order chi connectivity index (χ0) is 14.2. The van der Waals surface area contributed by atoms with Crippen LogP contribution in [0.25, 0.3) is 0 Å². The highest BCUT2D eigenvalue weighted by Gasteiger charge is 2.26. The van der Waals surface area contributed by atoms with Crippen LogP contribution in [0.2, 0.25) is 0 Å². The first-order valence-electron chi connectivity index (χ1n) is 7.68. The maximum Gasteiger partial charge on any atom is 0.303 e. The fraction of sp³-hybridized carbons (Fsp3) is 0.500. The van der Waals surface area contributed by atoms with Gasteiger partial charge in [0.25, 0.3) is 0 Å². The Labute approximate surface area is 121 Å². The van der Waals surface area contributed by atoms with Crippen LogP contribution in [0.4, 0.5) is 0 Å². The Hall–Kier alpha value is -1.57. The standard InChI is InChI=1S/C18H24O2/c19-18(20)14-17-13-7-12-16(17)11-6-2-5-10-15-8-3-1-4-9-15/h1,3-4,6,8-9,11,16-17H,2,5,7,10,12-14H2,(H,19,20)/b11-6+/t16-,17+/m0/s1. The highest BCUT2D eigenvalue weighted by Crippen LogP contribution is 2.35. The summed E-state index contributed by atoms with van der Waals surface area (Å²) < 4.78 is 0. The molecule has 0 aliphatic heterocycles. The van der Waals surface area contributed by atoms with Crippen molar-refractivity contribution >= 4 is 5.97 Å². The van der Waals surface area contributed by atoms with Gasteiger partial charge < -0.3 is 5.11 Å². The van der Waals surface area contributed by atoms with E-state index in [1.54, 1.807) is 0 Å². The summed E-state index contributed by atoms with van der Waals surface area (Å²) in [5, 5.41) is 8.90. The SMILES string of the molecule is O=C(O)C[C@H]1CCC[C@@H]1/C=C/CCCc1ccccc1. The molecule has 0 spiro atoms. The number of benzene rings is 1. The molecule has 2 atom stereocenters. The van der Waals surface area contributed by atoms with Crippen LogP contribution in [0.5, 0.6) is 0 Å². The van der Waals surface area contributed by atoms with E-state index in [0.717, 1.165) is 32.1 Å². The minimum atomic E-state index is -0.653. The van der Waals surface area contributed by atoms with Gasteiger partial charge >= 0.3 is 5.97 Å². The number of carboxylic acids is 1. The second-order valence-electron chi connectivity index (χ2n) is 5.76. The molecule has 1 saturated carbocycles. The van der Waals surface area contributed by atoms with Gasteiger partial charge in [-0.25, -0.2) is 0 Å². The molecule has 1 N–H and O–H groups in total. The molecule has 2 nitrogen and oxygen atoms in total. The van der Waals surface area contributed by atoms with Gasteiger partial charge in [0, 0.05) is 6.42 Å². The van der Waals surface area contributed by atoms with E-state index < -0.39 is 5.97 Å². The Balaban J connectivity index is 1.69. The van der Waals surface area contributed by atoms with Crippen LogP contribution >= 0.6 is 0 Å². The number of hydrogen-bond acceptors (Lipinski definition) is 1. The second kappa shape index (κ2) is 7.88. The van der Waals surface area contributed by atoms with Gasteiger partial charge in [-0.1, -0.05) is 48.9 Å². The maximum atomic E-state index is 10.8. The molecule has 1 aliphatic rings. The zero-order valence-corrected chi connectivity index (χ0v) is 12.0. The zero-order valence-electron chi connectivity index (χ0n) is 12.0. The first kappa shape index (κ1) is 14.8. The summed E-state index contributed by atoms with van der Waals surface area (Å²) >= 11 is 0. The average Bonchev–Trinajstić information content (AvgIpc) is 2.86. The summed E-state index contributed by atoms with van der Waals surface area (Å²) in [6.45, 7) is 0. The number of aryl methyl sites for hydroxylation is 1. The third-order valence-corrected chi connectivity index (χ3v) is 4.22. The molecule has 0 saturated heterocycles. The van der Waals surface area contributed by atoms with Gasteiger partial charge in [-0.2, -0.15) is 0 Å². The number of hydrogen-bond donors (Lipinski definition) is 1. The van der Waals surface area contributed by atoms with Crippen molar-refractivity contribution in [3.63, 3.8) is 0 Å². The van der Waals surface area contributed by atoms with Gasteiger partial charge in [0.05, 0.1) is 0 Å². The molecule has 2 heteroatoms. The second-order valence-corrected chi connectivity index (χ2v) is 5.76. The van der Waals surface area contributed by atoms with Gasteiger partial charge in [-0.3, -0.25) is 4.79 Å². The van der Waals surface area contributed by atoms with Crippen molar-refractivity contribution in [3.05, 3.63) is 48.0 Å². The lowest BCUT2D eigenvalue weighted by Gasteiger charge is -2.13. The molecule has 0 aromatic heterocycles. The molecule has 20 heavy (non-hydrogen) atoms. The highest BCUT2D eigenvalue weighted by atomic mass is 16.4. The van der Waals surface area contributed by atoms with Crippen LogP contribution < -0.4 is 0 Å². The molecule has 1 fully saturated rings. The molecule has 108 valence electrons. The maximum absolute atomic E-state index is 10.8.